The first-order valence-electron chi connectivity index (χ1n) is 8.76. The number of aromatic amines is 1. The van der Waals surface area contributed by atoms with Crippen LogP contribution in [0.3, 0.4) is 0 Å². The predicted molar refractivity (Wildman–Crippen MR) is 100.0 cm³/mol. The Morgan fingerprint density at radius 2 is 1.88 bits per heavy atom. The fourth-order valence-electron chi connectivity index (χ4n) is 3.73. The third kappa shape index (κ3) is 3.75. The van der Waals surface area contributed by atoms with Gasteiger partial charge in [0, 0.05) is 50.9 Å². The van der Waals surface area contributed by atoms with E-state index in [0.29, 0.717) is 17.3 Å². The number of benzene rings is 1. The highest BCUT2D eigenvalue weighted by molar-refractivity contribution is 5.99. The van der Waals surface area contributed by atoms with Crippen molar-refractivity contribution >= 4 is 18.3 Å². The minimum absolute atomic E-state index is 0. The molecule has 26 heavy (non-hydrogen) atoms. The number of hydrogen-bond acceptors (Lipinski definition) is 4. The van der Waals surface area contributed by atoms with E-state index in [9.17, 15) is 9.18 Å². The molecule has 1 atom stereocenters. The van der Waals surface area contributed by atoms with Crippen LogP contribution in [0.15, 0.2) is 30.5 Å². The summed E-state index contributed by atoms with van der Waals surface area (Å²) in [5.74, 6) is -0.305. The lowest BCUT2D eigenvalue weighted by atomic mass is 10.1. The van der Waals surface area contributed by atoms with Crippen LogP contribution in [-0.2, 0) is 0 Å². The Bertz CT molecular complexity index is 744. The minimum Gasteiger partial charge on any atom is -0.337 e. The summed E-state index contributed by atoms with van der Waals surface area (Å²) in [5.41, 5.74) is 1.96. The van der Waals surface area contributed by atoms with Gasteiger partial charge in [-0.2, -0.15) is 5.10 Å². The van der Waals surface area contributed by atoms with Crippen molar-refractivity contribution in [3.05, 3.63) is 41.8 Å². The molecular formula is C18H23ClFN5O. The highest BCUT2D eigenvalue weighted by Gasteiger charge is 2.32. The first kappa shape index (κ1) is 18.8. The lowest BCUT2D eigenvalue weighted by molar-refractivity contribution is 0.0774. The molecule has 0 spiro atoms. The molecule has 0 radical (unpaired) electrons. The van der Waals surface area contributed by atoms with E-state index in [-0.39, 0.29) is 24.1 Å². The topological polar surface area (TPSA) is 64.3 Å². The molecule has 8 heteroatoms. The van der Waals surface area contributed by atoms with Gasteiger partial charge >= 0.3 is 0 Å². The predicted octanol–water partition coefficient (Wildman–Crippen LogP) is 1.76. The summed E-state index contributed by atoms with van der Waals surface area (Å²) in [6.07, 6.45) is 2.58. The number of amides is 1. The summed E-state index contributed by atoms with van der Waals surface area (Å²) in [7, 11) is 0. The summed E-state index contributed by atoms with van der Waals surface area (Å²) < 4.78 is 13.1. The number of nitrogens with one attached hydrogen (secondary N) is 2. The van der Waals surface area contributed by atoms with E-state index in [1.807, 2.05) is 4.90 Å². The summed E-state index contributed by atoms with van der Waals surface area (Å²) in [6, 6.07) is 6.54. The molecule has 2 saturated heterocycles. The van der Waals surface area contributed by atoms with Gasteiger partial charge in [0.1, 0.15) is 5.82 Å². The minimum atomic E-state index is -0.297. The highest BCUT2D eigenvalue weighted by Crippen LogP contribution is 2.25. The van der Waals surface area contributed by atoms with Crippen LogP contribution in [0.2, 0.25) is 0 Å². The van der Waals surface area contributed by atoms with Crippen molar-refractivity contribution in [2.45, 2.75) is 12.5 Å². The molecule has 0 aliphatic carbocycles. The Hall–Kier alpha value is -1.96. The number of carbonyl (C=O) groups is 1. The van der Waals surface area contributed by atoms with Crippen LogP contribution in [0.25, 0.3) is 11.3 Å². The van der Waals surface area contributed by atoms with Gasteiger partial charge in [0.25, 0.3) is 5.91 Å². The third-order valence-electron chi connectivity index (χ3n) is 5.12. The number of carbonyl (C=O) groups excluding carboxylic acids is 1. The molecule has 6 nitrogen and oxygen atoms in total. The van der Waals surface area contributed by atoms with Crippen molar-refractivity contribution in [1.82, 2.24) is 25.3 Å². The first-order valence-corrected chi connectivity index (χ1v) is 8.76. The molecule has 1 amide bonds. The standard InChI is InChI=1S/C18H22FN5O.ClH/c19-14-3-1-13(2-4-14)17-16(11-21-22-17)18(25)24-8-5-15(12-24)23-9-6-20-7-10-23;/h1-4,11,15,20H,5-10,12H2,(H,21,22);1H. The van der Waals surface area contributed by atoms with Crippen molar-refractivity contribution in [1.29, 1.82) is 0 Å². The second-order valence-electron chi connectivity index (χ2n) is 6.65. The SMILES string of the molecule is Cl.O=C(c1cn[nH]c1-c1ccc(F)cc1)N1CCC(N2CCNCC2)C1. The fraction of sp³-hybridized carbons (Fsp3) is 0.444. The average Bonchev–Trinajstić information content (AvgIpc) is 3.32. The molecule has 140 valence electrons. The van der Waals surface area contributed by atoms with E-state index in [0.717, 1.165) is 51.3 Å². The molecular weight excluding hydrogens is 357 g/mol. The van der Waals surface area contributed by atoms with E-state index in [1.54, 1.807) is 18.3 Å². The van der Waals surface area contributed by atoms with E-state index in [4.69, 9.17) is 0 Å². The monoisotopic (exact) mass is 379 g/mol. The third-order valence-corrected chi connectivity index (χ3v) is 5.12. The van der Waals surface area contributed by atoms with Crippen molar-refractivity contribution in [3.63, 3.8) is 0 Å². The lowest BCUT2D eigenvalue weighted by Crippen LogP contribution is -2.49. The molecule has 1 aromatic carbocycles. The summed E-state index contributed by atoms with van der Waals surface area (Å²) in [5, 5.41) is 10.3. The molecule has 0 bridgehead atoms. The number of nitrogens with zero attached hydrogens (tertiary/aromatic N) is 3. The second kappa shape index (κ2) is 8.16. The largest absolute Gasteiger partial charge is 0.337 e. The molecule has 1 unspecified atom stereocenters. The van der Waals surface area contributed by atoms with Crippen molar-refractivity contribution < 1.29 is 9.18 Å². The smallest absolute Gasteiger partial charge is 0.257 e. The van der Waals surface area contributed by atoms with Crippen LogP contribution in [-0.4, -0.2) is 71.2 Å². The molecule has 2 aromatic rings. The number of aromatic nitrogens is 2. The van der Waals surface area contributed by atoms with Crippen molar-refractivity contribution in [2.75, 3.05) is 39.3 Å². The van der Waals surface area contributed by atoms with Gasteiger partial charge in [-0.05, 0) is 30.7 Å². The fourth-order valence-corrected chi connectivity index (χ4v) is 3.73. The van der Waals surface area contributed by atoms with Crippen LogP contribution in [0.5, 0.6) is 0 Å². The van der Waals surface area contributed by atoms with Crippen LogP contribution >= 0.6 is 12.4 Å². The summed E-state index contributed by atoms with van der Waals surface area (Å²) >= 11 is 0. The van der Waals surface area contributed by atoms with E-state index >= 15 is 0 Å². The zero-order chi connectivity index (χ0) is 17.2. The van der Waals surface area contributed by atoms with E-state index in [2.05, 4.69) is 20.4 Å². The van der Waals surface area contributed by atoms with Gasteiger partial charge in [-0.25, -0.2) is 4.39 Å². The number of halogens is 2. The Labute approximate surface area is 158 Å². The number of likely N-dealkylation sites (tertiary alicyclic amines) is 1. The van der Waals surface area contributed by atoms with Gasteiger partial charge in [0.05, 0.1) is 17.5 Å². The summed E-state index contributed by atoms with van der Waals surface area (Å²) in [6.45, 7) is 5.63. The maximum atomic E-state index is 13.1. The van der Waals surface area contributed by atoms with E-state index < -0.39 is 0 Å². The summed E-state index contributed by atoms with van der Waals surface area (Å²) in [4.78, 5) is 17.3. The van der Waals surface area contributed by atoms with Gasteiger partial charge < -0.3 is 10.2 Å². The number of rotatable bonds is 3. The molecule has 2 aliphatic heterocycles. The van der Waals surface area contributed by atoms with Gasteiger partial charge in [-0.3, -0.25) is 14.8 Å². The molecule has 4 rings (SSSR count). The molecule has 0 saturated carbocycles. The second-order valence-corrected chi connectivity index (χ2v) is 6.65. The maximum Gasteiger partial charge on any atom is 0.257 e. The molecule has 2 aliphatic rings. The van der Waals surface area contributed by atoms with E-state index in [1.165, 1.54) is 12.1 Å². The number of H-pyrrole nitrogens is 1. The Morgan fingerprint density at radius 1 is 1.15 bits per heavy atom. The van der Waals surface area contributed by atoms with Crippen LogP contribution in [0.1, 0.15) is 16.8 Å². The highest BCUT2D eigenvalue weighted by atomic mass is 35.5. The van der Waals surface area contributed by atoms with Crippen molar-refractivity contribution in [3.8, 4) is 11.3 Å². The van der Waals surface area contributed by atoms with Crippen LogP contribution < -0.4 is 5.32 Å². The Morgan fingerprint density at radius 3 is 2.62 bits per heavy atom. The zero-order valence-electron chi connectivity index (χ0n) is 14.4. The van der Waals surface area contributed by atoms with Crippen molar-refractivity contribution in [2.24, 2.45) is 0 Å². The zero-order valence-corrected chi connectivity index (χ0v) is 15.3. The van der Waals surface area contributed by atoms with Gasteiger partial charge in [-0.1, -0.05) is 0 Å². The van der Waals surface area contributed by atoms with Gasteiger partial charge in [0.15, 0.2) is 0 Å². The maximum absolute atomic E-state index is 13.1. The molecule has 1 aromatic heterocycles. The Kier molecular flexibility index (Phi) is 5.90. The van der Waals surface area contributed by atoms with Gasteiger partial charge in [-0.15, -0.1) is 12.4 Å². The van der Waals surface area contributed by atoms with Gasteiger partial charge in [0.2, 0.25) is 0 Å². The molecule has 2 N–H and O–H groups in total. The van der Waals surface area contributed by atoms with Crippen LogP contribution in [0.4, 0.5) is 4.39 Å². The Balaban J connectivity index is 0.00000196. The number of piperazine rings is 1. The molecule has 3 heterocycles. The first-order chi connectivity index (χ1) is 12.2. The quantitative estimate of drug-likeness (QED) is 0.853. The number of hydrogen-bond donors (Lipinski definition) is 2. The van der Waals surface area contributed by atoms with Crippen LogP contribution in [0, 0.1) is 5.82 Å². The lowest BCUT2D eigenvalue weighted by Gasteiger charge is -2.32. The average molecular weight is 380 g/mol. The molecule has 2 fully saturated rings. The normalized spacial score (nSPS) is 20.8.